The molecule has 1 saturated heterocycles. The summed E-state index contributed by atoms with van der Waals surface area (Å²) in [6, 6.07) is -0.651. The summed E-state index contributed by atoms with van der Waals surface area (Å²) in [5.41, 5.74) is 7.98. The van der Waals surface area contributed by atoms with Crippen LogP contribution in [0.4, 0.5) is 0 Å². The van der Waals surface area contributed by atoms with Crippen molar-refractivity contribution < 1.29 is 29.0 Å². The van der Waals surface area contributed by atoms with Gasteiger partial charge in [0.2, 0.25) is 0 Å². The minimum atomic E-state index is -1.22. The van der Waals surface area contributed by atoms with E-state index < -0.39 is 17.9 Å². The molecule has 1 fully saturated rings. The van der Waals surface area contributed by atoms with Crippen molar-refractivity contribution in [3.8, 4) is 0 Å². The van der Waals surface area contributed by atoms with Crippen LogP contribution in [0.5, 0.6) is 0 Å². The summed E-state index contributed by atoms with van der Waals surface area (Å²) in [5, 5.41) is 17.9. The predicted octanol–water partition coefficient (Wildman–Crippen LogP) is 8.16. The van der Waals surface area contributed by atoms with Crippen molar-refractivity contribution >= 4 is 76.9 Å². The van der Waals surface area contributed by atoms with Crippen molar-refractivity contribution in [1.29, 1.82) is 0 Å². The zero-order chi connectivity index (χ0) is 47.1. The van der Waals surface area contributed by atoms with E-state index in [1.54, 1.807) is 6.08 Å². The molecule has 1 N–H and O–H groups in total. The fraction of sp³-hybridized carbons (Fsp3) is 0.545. The van der Waals surface area contributed by atoms with Gasteiger partial charge in [0, 0.05) is 12.0 Å². The smallest absolute Gasteiger partial charge is 0.681 e. The Morgan fingerprint density at radius 3 is 2.18 bits per heavy atom. The van der Waals surface area contributed by atoms with E-state index in [4.69, 9.17) is 29.7 Å². The van der Waals surface area contributed by atoms with E-state index in [0.29, 0.717) is 73.8 Å². The van der Waals surface area contributed by atoms with Gasteiger partial charge in [0.25, 0.3) is 0 Å². The van der Waals surface area contributed by atoms with E-state index in [1.165, 1.54) is 57.6 Å². The Morgan fingerprint density at radius 2 is 1.55 bits per heavy atom. The molecule has 3 aliphatic rings. The summed E-state index contributed by atoms with van der Waals surface area (Å²) in [7, 11) is 1.28. The van der Waals surface area contributed by atoms with E-state index in [1.807, 2.05) is 45.1 Å². The van der Waals surface area contributed by atoms with Crippen molar-refractivity contribution in [3.05, 3.63) is 95.4 Å². The molecule has 5 heterocycles. The third-order valence-corrected chi connectivity index (χ3v) is 14.4. The first-order valence-electron chi connectivity index (χ1n) is 24.2. The molecule has 2 aliphatic heterocycles. The zero-order valence-electron chi connectivity index (χ0n) is 41.4. The quantitative estimate of drug-likeness (QED) is 0.0514. The largest absolute Gasteiger partial charge is 2.00 e. The van der Waals surface area contributed by atoms with Crippen LogP contribution >= 0.6 is 0 Å². The van der Waals surface area contributed by atoms with Crippen molar-refractivity contribution in [3.63, 3.8) is 0 Å². The van der Waals surface area contributed by atoms with Crippen LogP contribution < -0.4 is 36.2 Å². The Morgan fingerprint density at radius 1 is 0.879 bits per heavy atom. The number of aromatic nitrogens is 3. The molecule has 8 bridgehead atoms. The number of carbonyl (C=O) groups is 3. The number of rotatable bonds is 20. The van der Waals surface area contributed by atoms with Crippen LogP contribution in [0.25, 0.3) is 41.5 Å². The third-order valence-electron chi connectivity index (χ3n) is 14.4. The van der Waals surface area contributed by atoms with E-state index in [9.17, 15) is 19.5 Å². The second kappa shape index (κ2) is 23.5. The van der Waals surface area contributed by atoms with Crippen LogP contribution in [-0.4, -0.2) is 65.6 Å². The summed E-state index contributed by atoms with van der Waals surface area (Å²) < 4.78 is 11.0. The SMILES string of the molecule is C=Cc1c2[n-]c(c1C)/C=C1\[N-]C(C3=c4[n-]/c(c(C)c4C(=O)[C@@H]3C(=O)OC)=C\c3[n-]c(/c(=C\O)c3CC)=C\2)[C@@H](CCC(=O)OC/C=C(\C)CCC[C@@H](C)CCC[C@H](C)CCCC(C)C)[C@@H]1C.[Mg+2]. The standard InChI is InChI=1S/C55H72N4O6.Mg/c1-12-38-35(8)42-27-43-36(9)40(23-24-48(61)65-26-25-34(7)22-16-21-33(6)20-15-19-32(5)18-14-17-31(3)4)52(58-43)50-51(55(63)64-11)54(62)49-37(10)44(59-53(49)50)28-46-39(13-2)41(30-60)47(57-46)29-45(38)56-42;/h12,25,27-33,36,40,51-52H,1,13-24,26H2,2-11H3,(H,60,62);/q-4;+2/b34-25+,43-27-,47-29-;/t32-,33+,36+,40+,51-,52?;/m1./s1. The molecule has 6 rings (SSSR count). The number of ether oxygens (including phenoxy) is 2. The number of Topliss-reactive ketones (excluding diaryl/α,β-unsaturated/α-hetero) is 1. The molecule has 3 aromatic rings. The Labute approximate surface area is 408 Å². The Balaban J connectivity index is 0.00000817. The van der Waals surface area contributed by atoms with Gasteiger partial charge in [-0.15, -0.1) is 33.1 Å². The van der Waals surface area contributed by atoms with Crippen molar-refractivity contribution in [2.45, 2.75) is 145 Å². The topological polar surface area (TPSA) is 146 Å². The van der Waals surface area contributed by atoms with Crippen LogP contribution in [0.3, 0.4) is 0 Å². The maximum atomic E-state index is 14.4. The van der Waals surface area contributed by atoms with Crippen molar-refractivity contribution in [2.75, 3.05) is 13.7 Å². The Kier molecular flexibility index (Phi) is 18.7. The number of carbonyl (C=O) groups excluding carboxylic acids is 3. The van der Waals surface area contributed by atoms with Gasteiger partial charge in [-0.25, -0.2) is 0 Å². The second-order valence-corrected chi connectivity index (χ2v) is 19.5. The summed E-state index contributed by atoms with van der Waals surface area (Å²) in [5.74, 6) is -0.717. The van der Waals surface area contributed by atoms with Gasteiger partial charge in [-0.05, 0) is 92.9 Å². The van der Waals surface area contributed by atoms with Gasteiger partial charge in [0.05, 0.1) is 13.4 Å². The molecule has 3 aromatic heterocycles. The summed E-state index contributed by atoms with van der Waals surface area (Å²) in [6.07, 6.45) is 22.9. The average molecular weight is 910 g/mol. The molecule has 0 saturated carbocycles. The molecule has 66 heavy (non-hydrogen) atoms. The number of fused-ring (bicyclic) bond motifs is 8. The van der Waals surface area contributed by atoms with E-state index in [0.717, 1.165) is 53.3 Å². The average Bonchev–Trinajstić information content (AvgIpc) is 4.02. The minimum Gasteiger partial charge on any atom is -0.681 e. The number of hydrogen-bond acceptors (Lipinski definition) is 6. The number of nitrogens with zero attached hydrogens (tertiary/aromatic N) is 4. The molecule has 10 nitrogen and oxygen atoms in total. The molecule has 0 radical (unpaired) electrons. The molecule has 0 aromatic carbocycles. The maximum Gasteiger partial charge on any atom is 2.00 e. The monoisotopic (exact) mass is 909 g/mol. The first kappa shape index (κ1) is 52.5. The fourth-order valence-electron chi connectivity index (χ4n) is 10.3. The number of methoxy groups -OCH3 is 1. The maximum absolute atomic E-state index is 14.4. The molecule has 0 amide bonds. The number of aliphatic hydroxyl groups excluding tert-OH is 1. The first-order chi connectivity index (χ1) is 31.1. The van der Waals surface area contributed by atoms with Crippen LogP contribution in [-0.2, 0) is 25.5 Å². The number of esters is 2. The fourth-order valence-corrected chi connectivity index (χ4v) is 10.3. The van der Waals surface area contributed by atoms with E-state index in [2.05, 4.69) is 48.1 Å². The number of aliphatic hydroxyl groups is 1. The Hall–Kier alpha value is -4.48. The minimum absolute atomic E-state index is 0. The Bertz CT molecular complexity index is 2570. The second-order valence-electron chi connectivity index (χ2n) is 19.5. The molecular weight excluding hydrogens is 837 g/mol. The van der Waals surface area contributed by atoms with Crippen molar-refractivity contribution in [1.82, 2.24) is 15.0 Å². The molecule has 6 atom stereocenters. The molecule has 352 valence electrons. The third kappa shape index (κ3) is 11.6. The van der Waals surface area contributed by atoms with Crippen molar-refractivity contribution in [2.24, 2.45) is 35.5 Å². The van der Waals surface area contributed by atoms with Gasteiger partial charge in [-0.2, -0.15) is 5.70 Å². The molecular formula is C55H72MgN4O6-2. The molecule has 11 heteroatoms. The van der Waals surface area contributed by atoms with E-state index >= 15 is 0 Å². The van der Waals surface area contributed by atoms with Gasteiger partial charge in [0.1, 0.15) is 12.5 Å². The van der Waals surface area contributed by atoms with Crippen LogP contribution in [0.2, 0.25) is 0 Å². The van der Waals surface area contributed by atoms with Gasteiger partial charge in [0.15, 0.2) is 5.78 Å². The summed E-state index contributed by atoms with van der Waals surface area (Å²) in [4.78, 5) is 56.5. The zero-order valence-corrected chi connectivity index (χ0v) is 42.8. The molecule has 1 unspecified atom stereocenters. The van der Waals surface area contributed by atoms with Gasteiger partial charge in [-0.3, -0.25) is 14.4 Å². The van der Waals surface area contributed by atoms with Crippen LogP contribution in [0.1, 0.15) is 169 Å². The first-order valence-corrected chi connectivity index (χ1v) is 24.2. The van der Waals surface area contributed by atoms with E-state index in [-0.39, 0.29) is 59.7 Å². The number of ketones is 1. The van der Waals surface area contributed by atoms with Crippen LogP contribution in [0.15, 0.2) is 23.9 Å². The summed E-state index contributed by atoms with van der Waals surface area (Å²) in [6.45, 7) is 23.7. The molecule has 1 aliphatic carbocycles. The predicted molar refractivity (Wildman–Crippen MR) is 266 cm³/mol. The van der Waals surface area contributed by atoms with Gasteiger partial charge < -0.3 is 34.8 Å². The molecule has 0 spiro atoms. The summed E-state index contributed by atoms with van der Waals surface area (Å²) >= 11 is 0. The normalized spacial score (nSPS) is 21.8. The van der Waals surface area contributed by atoms with Crippen LogP contribution in [0, 0.1) is 49.4 Å². The number of hydrogen-bond donors (Lipinski definition) is 1. The van der Waals surface area contributed by atoms with Gasteiger partial charge in [-0.1, -0.05) is 151 Å². The van der Waals surface area contributed by atoms with Gasteiger partial charge >= 0.3 is 35.0 Å². The number of allylic oxidation sites excluding steroid dienone is 2.